The number of nitrogens with one attached hydrogen (secondary N) is 1. The van der Waals surface area contributed by atoms with Crippen molar-refractivity contribution >= 4 is 17.5 Å². The molecule has 0 aromatic heterocycles. The van der Waals surface area contributed by atoms with E-state index in [2.05, 4.69) is 17.1 Å². The molecule has 1 aliphatic heterocycles. The summed E-state index contributed by atoms with van der Waals surface area (Å²) in [6.07, 6.45) is 4.66. The van der Waals surface area contributed by atoms with E-state index in [-0.39, 0.29) is 12.1 Å². The molecule has 20 heavy (non-hydrogen) atoms. The first kappa shape index (κ1) is 13.9. The van der Waals surface area contributed by atoms with Gasteiger partial charge in [0.15, 0.2) is 0 Å². The average molecular weight is 293 g/mol. The highest BCUT2D eigenvalue weighted by Crippen LogP contribution is 2.34. The summed E-state index contributed by atoms with van der Waals surface area (Å²) < 4.78 is 0. The smallest absolute Gasteiger partial charge is 0.238 e. The summed E-state index contributed by atoms with van der Waals surface area (Å²) in [6, 6.07) is 8.19. The van der Waals surface area contributed by atoms with Crippen LogP contribution in [0.1, 0.15) is 44.3 Å². The van der Waals surface area contributed by atoms with Gasteiger partial charge in [-0.15, -0.1) is 0 Å². The van der Waals surface area contributed by atoms with E-state index in [1.807, 2.05) is 24.3 Å². The molecule has 2 fully saturated rings. The zero-order valence-corrected chi connectivity index (χ0v) is 12.6. The van der Waals surface area contributed by atoms with Gasteiger partial charge < -0.3 is 4.90 Å². The normalized spacial score (nSPS) is 30.8. The molecule has 1 saturated heterocycles. The Labute approximate surface area is 125 Å². The van der Waals surface area contributed by atoms with Gasteiger partial charge in [0.25, 0.3) is 0 Å². The van der Waals surface area contributed by atoms with Crippen molar-refractivity contribution in [2.45, 2.75) is 44.8 Å². The van der Waals surface area contributed by atoms with Crippen molar-refractivity contribution in [3.63, 3.8) is 0 Å². The zero-order valence-electron chi connectivity index (χ0n) is 11.8. The van der Waals surface area contributed by atoms with Gasteiger partial charge >= 0.3 is 0 Å². The first-order valence-corrected chi connectivity index (χ1v) is 7.83. The minimum atomic E-state index is -0.0143. The van der Waals surface area contributed by atoms with Crippen molar-refractivity contribution in [3.05, 3.63) is 34.9 Å². The van der Waals surface area contributed by atoms with Gasteiger partial charge in [0, 0.05) is 11.1 Å². The highest BCUT2D eigenvalue weighted by molar-refractivity contribution is 6.30. The molecule has 108 valence electrons. The van der Waals surface area contributed by atoms with Crippen molar-refractivity contribution in [3.8, 4) is 0 Å². The summed E-state index contributed by atoms with van der Waals surface area (Å²) in [5.41, 5.74) is 1.09. The molecule has 1 aromatic carbocycles. The first-order valence-electron chi connectivity index (χ1n) is 7.45. The van der Waals surface area contributed by atoms with Crippen molar-refractivity contribution < 1.29 is 4.79 Å². The molecule has 0 spiro atoms. The first-order chi connectivity index (χ1) is 9.65. The second-order valence-electron chi connectivity index (χ2n) is 6.05. The van der Waals surface area contributed by atoms with E-state index in [1.54, 1.807) is 0 Å². The van der Waals surface area contributed by atoms with Gasteiger partial charge in [-0.2, -0.15) is 0 Å². The van der Waals surface area contributed by atoms with Gasteiger partial charge in [0.1, 0.15) is 6.17 Å². The molecule has 0 bridgehead atoms. The Hall–Kier alpha value is -1.06. The third-order valence-corrected chi connectivity index (χ3v) is 4.79. The molecule has 2 aliphatic rings. The number of hydrogen-bond donors (Lipinski definition) is 1. The van der Waals surface area contributed by atoms with Crippen LogP contribution in [-0.2, 0) is 4.79 Å². The van der Waals surface area contributed by atoms with Gasteiger partial charge in [-0.3, -0.25) is 10.1 Å². The highest BCUT2D eigenvalue weighted by Gasteiger charge is 2.37. The minimum absolute atomic E-state index is 0.0143. The number of amides is 1. The van der Waals surface area contributed by atoms with Gasteiger partial charge in [-0.1, -0.05) is 30.7 Å². The summed E-state index contributed by atoms with van der Waals surface area (Å²) in [5.74, 6) is 1.01. The largest absolute Gasteiger partial charge is 0.319 e. The number of rotatable bonds is 2. The number of halogens is 1. The van der Waals surface area contributed by atoms with Crippen LogP contribution in [0.15, 0.2) is 24.3 Å². The maximum absolute atomic E-state index is 12.3. The zero-order chi connectivity index (χ0) is 14.1. The molecule has 1 N–H and O–H groups in total. The van der Waals surface area contributed by atoms with Gasteiger partial charge in [-0.25, -0.2) is 0 Å². The maximum atomic E-state index is 12.3. The number of hydrogen-bond acceptors (Lipinski definition) is 2. The highest BCUT2D eigenvalue weighted by atomic mass is 35.5. The lowest BCUT2D eigenvalue weighted by Gasteiger charge is -2.37. The SMILES string of the molecule is CC1CCC(N2C(=O)CNC2c2cccc(Cl)c2)CC1. The van der Waals surface area contributed by atoms with Crippen LogP contribution in [-0.4, -0.2) is 23.4 Å². The van der Waals surface area contributed by atoms with Gasteiger partial charge in [0.2, 0.25) is 5.91 Å². The molecule has 3 rings (SSSR count). The summed E-state index contributed by atoms with van der Waals surface area (Å²) in [4.78, 5) is 14.3. The van der Waals surface area contributed by atoms with E-state index in [1.165, 1.54) is 12.8 Å². The number of carbonyl (C=O) groups is 1. The molecule has 4 heteroatoms. The molecular weight excluding hydrogens is 272 g/mol. The summed E-state index contributed by atoms with van der Waals surface area (Å²) in [6.45, 7) is 2.73. The average Bonchev–Trinajstić information content (AvgIpc) is 2.82. The standard InChI is InChI=1S/C16H21ClN2O/c1-11-5-7-14(8-6-11)19-15(20)10-18-16(19)12-3-2-4-13(17)9-12/h2-4,9,11,14,16,18H,5-8,10H2,1H3. The lowest BCUT2D eigenvalue weighted by molar-refractivity contribution is -0.131. The number of benzene rings is 1. The Morgan fingerprint density at radius 2 is 2.00 bits per heavy atom. The molecule has 1 amide bonds. The van der Waals surface area contributed by atoms with Crippen molar-refractivity contribution in [2.24, 2.45) is 5.92 Å². The van der Waals surface area contributed by atoms with E-state index < -0.39 is 0 Å². The van der Waals surface area contributed by atoms with Crippen LogP contribution in [0, 0.1) is 5.92 Å². The van der Waals surface area contributed by atoms with Crippen LogP contribution >= 0.6 is 11.6 Å². The van der Waals surface area contributed by atoms with Crippen LogP contribution in [0.5, 0.6) is 0 Å². The van der Waals surface area contributed by atoms with E-state index in [0.29, 0.717) is 12.6 Å². The molecule has 0 radical (unpaired) electrons. The lowest BCUT2D eigenvalue weighted by Crippen LogP contribution is -2.41. The number of carbonyl (C=O) groups excluding carboxylic acids is 1. The Morgan fingerprint density at radius 3 is 2.70 bits per heavy atom. The fraction of sp³-hybridized carbons (Fsp3) is 0.562. The third-order valence-electron chi connectivity index (χ3n) is 4.56. The third kappa shape index (κ3) is 2.70. The van der Waals surface area contributed by atoms with Crippen LogP contribution < -0.4 is 5.32 Å². The van der Waals surface area contributed by atoms with Crippen LogP contribution in [0.2, 0.25) is 5.02 Å². The van der Waals surface area contributed by atoms with Crippen LogP contribution in [0.25, 0.3) is 0 Å². The second kappa shape index (κ2) is 5.74. The van der Waals surface area contributed by atoms with Gasteiger partial charge in [0.05, 0.1) is 6.54 Å². The van der Waals surface area contributed by atoms with Gasteiger partial charge in [-0.05, 0) is 49.3 Å². The second-order valence-corrected chi connectivity index (χ2v) is 6.49. The van der Waals surface area contributed by atoms with Crippen LogP contribution in [0.3, 0.4) is 0 Å². The topological polar surface area (TPSA) is 32.3 Å². The molecule has 1 aromatic rings. The molecule has 1 unspecified atom stereocenters. The summed E-state index contributed by atoms with van der Waals surface area (Å²) >= 11 is 6.08. The predicted molar refractivity (Wildman–Crippen MR) is 80.5 cm³/mol. The summed E-state index contributed by atoms with van der Waals surface area (Å²) in [7, 11) is 0. The predicted octanol–water partition coefficient (Wildman–Crippen LogP) is 3.35. The number of nitrogens with zero attached hydrogens (tertiary/aromatic N) is 1. The van der Waals surface area contributed by atoms with E-state index in [4.69, 9.17) is 11.6 Å². The fourth-order valence-electron chi connectivity index (χ4n) is 3.41. The Balaban J connectivity index is 1.81. The van der Waals surface area contributed by atoms with Crippen molar-refractivity contribution in [1.29, 1.82) is 0 Å². The Morgan fingerprint density at radius 1 is 1.25 bits per heavy atom. The summed E-state index contributed by atoms with van der Waals surface area (Å²) in [5, 5.41) is 4.05. The van der Waals surface area contributed by atoms with Crippen molar-refractivity contribution in [2.75, 3.05) is 6.54 Å². The Kier molecular flexibility index (Phi) is 3.99. The molecule has 3 nitrogen and oxygen atoms in total. The maximum Gasteiger partial charge on any atom is 0.238 e. The van der Waals surface area contributed by atoms with E-state index in [9.17, 15) is 4.79 Å². The van der Waals surface area contributed by atoms with Crippen LogP contribution in [0.4, 0.5) is 0 Å². The molecule has 1 aliphatic carbocycles. The molecular formula is C16H21ClN2O. The van der Waals surface area contributed by atoms with E-state index in [0.717, 1.165) is 29.3 Å². The van der Waals surface area contributed by atoms with E-state index >= 15 is 0 Å². The van der Waals surface area contributed by atoms with Crippen molar-refractivity contribution in [1.82, 2.24) is 10.2 Å². The molecule has 1 atom stereocenters. The Bertz CT molecular complexity index is 497. The fourth-order valence-corrected chi connectivity index (χ4v) is 3.61. The lowest BCUT2D eigenvalue weighted by atomic mass is 9.86. The molecule has 1 saturated carbocycles. The molecule has 1 heterocycles. The minimum Gasteiger partial charge on any atom is -0.319 e. The quantitative estimate of drug-likeness (QED) is 0.906. The monoisotopic (exact) mass is 292 g/mol.